The Hall–Kier alpha value is -1.40. The molecule has 0 saturated carbocycles. The molecule has 106 valence electrons. The summed E-state index contributed by atoms with van der Waals surface area (Å²) in [6.07, 6.45) is 1.56. The third kappa shape index (κ3) is 3.13. The van der Waals surface area contributed by atoms with E-state index in [4.69, 9.17) is 9.47 Å². The van der Waals surface area contributed by atoms with Gasteiger partial charge in [0.05, 0.1) is 31.9 Å². The molecule has 2 rings (SSSR count). The van der Waals surface area contributed by atoms with Crippen LogP contribution < -0.4 is 15.0 Å². The van der Waals surface area contributed by atoms with E-state index in [9.17, 15) is 0 Å². The third-order valence-electron chi connectivity index (χ3n) is 3.33. The molecule has 1 aliphatic rings. The molecular formula is C13H22N4O2. The lowest BCUT2D eigenvalue weighted by atomic mass is 10.2. The summed E-state index contributed by atoms with van der Waals surface area (Å²) >= 11 is 0. The van der Waals surface area contributed by atoms with Gasteiger partial charge < -0.3 is 19.7 Å². The first kappa shape index (κ1) is 14.0. The molecule has 0 aliphatic carbocycles. The van der Waals surface area contributed by atoms with Crippen LogP contribution in [0.15, 0.2) is 6.33 Å². The maximum Gasteiger partial charge on any atom is 0.221 e. The topological polar surface area (TPSA) is 59.5 Å². The lowest BCUT2D eigenvalue weighted by molar-refractivity contribution is 0.0934. The zero-order valence-corrected chi connectivity index (χ0v) is 11.8. The summed E-state index contributed by atoms with van der Waals surface area (Å²) in [5, 5.41) is 3.37. The number of ether oxygens (including phenoxy) is 2. The van der Waals surface area contributed by atoms with Crippen molar-refractivity contribution in [1.82, 2.24) is 15.3 Å². The average molecular weight is 266 g/mol. The van der Waals surface area contributed by atoms with E-state index in [1.807, 2.05) is 6.92 Å². The van der Waals surface area contributed by atoms with Crippen LogP contribution in [0.5, 0.6) is 5.88 Å². The predicted molar refractivity (Wildman–Crippen MR) is 73.8 cm³/mol. The Morgan fingerprint density at radius 1 is 1.53 bits per heavy atom. The number of morpholine rings is 1. The van der Waals surface area contributed by atoms with Gasteiger partial charge in [-0.25, -0.2) is 9.97 Å². The van der Waals surface area contributed by atoms with E-state index in [2.05, 4.69) is 27.1 Å². The Balaban J connectivity index is 2.21. The van der Waals surface area contributed by atoms with Crippen LogP contribution in [0, 0.1) is 6.92 Å². The molecule has 6 heteroatoms. The van der Waals surface area contributed by atoms with Gasteiger partial charge in [0.1, 0.15) is 12.1 Å². The van der Waals surface area contributed by atoms with Crippen LogP contribution in [0.3, 0.4) is 0 Å². The lowest BCUT2D eigenvalue weighted by Gasteiger charge is -2.37. The fourth-order valence-electron chi connectivity index (χ4n) is 2.33. The monoisotopic (exact) mass is 266 g/mol. The van der Waals surface area contributed by atoms with Gasteiger partial charge in [0.15, 0.2) is 0 Å². The number of hydrogen-bond acceptors (Lipinski definition) is 6. The van der Waals surface area contributed by atoms with Crippen molar-refractivity contribution in [3.8, 4) is 5.88 Å². The molecule has 0 aromatic carbocycles. The number of methoxy groups -OCH3 is 1. The zero-order chi connectivity index (χ0) is 13.7. The number of hydrogen-bond donors (Lipinski definition) is 1. The van der Waals surface area contributed by atoms with Gasteiger partial charge >= 0.3 is 0 Å². The average Bonchev–Trinajstić information content (AvgIpc) is 2.46. The molecule has 2 heterocycles. The van der Waals surface area contributed by atoms with E-state index in [0.29, 0.717) is 11.9 Å². The van der Waals surface area contributed by atoms with Crippen molar-refractivity contribution in [2.45, 2.75) is 19.9 Å². The molecule has 1 fully saturated rings. The molecule has 1 aromatic heterocycles. The summed E-state index contributed by atoms with van der Waals surface area (Å²) in [4.78, 5) is 10.8. The number of anilines is 1. The molecule has 1 unspecified atom stereocenters. The summed E-state index contributed by atoms with van der Waals surface area (Å²) in [7, 11) is 1.63. The molecule has 1 atom stereocenters. The normalized spacial score (nSPS) is 19.5. The summed E-state index contributed by atoms with van der Waals surface area (Å²) in [5.74, 6) is 1.58. The van der Waals surface area contributed by atoms with Crippen LogP contribution in [0.2, 0.25) is 0 Å². The summed E-state index contributed by atoms with van der Waals surface area (Å²) in [6.45, 7) is 8.24. The number of aromatic nitrogens is 2. The highest BCUT2D eigenvalue weighted by Gasteiger charge is 2.26. The highest BCUT2D eigenvalue weighted by Crippen LogP contribution is 2.26. The van der Waals surface area contributed by atoms with Gasteiger partial charge in [-0.3, -0.25) is 0 Å². The second kappa shape index (κ2) is 6.68. The van der Waals surface area contributed by atoms with Gasteiger partial charge in [0.2, 0.25) is 5.88 Å². The van der Waals surface area contributed by atoms with E-state index < -0.39 is 0 Å². The van der Waals surface area contributed by atoms with Crippen molar-refractivity contribution in [2.24, 2.45) is 0 Å². The minimum Gasteiger partial charge on any atom is -0.481 e. The van der Waals surface area contributed by atoms with Gasteiger partial charge in [-0.1, -0.05) is 6.92 Å². The van der Waals surface area contributed by atoms with Gasteiger partial charge in [-0.15, -0.1) is 0 Å². The predicted octanol–water partition coefficient (Wildman–Crippen LogP) is 0.608. The SMILES string of the molecule is CCNCC1COCCN1c1ncnc(OC)c1C. The lowest BCUT2D eigenvalue weighted by Crippen LogP contribution is -2.51. The van der Waals surface area contributed by atoms with Crippen LogP contribution in [0.1, 0.15) is 12.5 Å². The fourth-order valence-corrected chi connectivity index (χ4v) is 2.33. The Labute approximate surface area is 114 Å². The minimum atomic E-state index is 0.298. The van der Waals surface area contributed by atoms with Crippen molar-refractivity contribution in [3.05, 3.63) is 11.9 Å². The molecule has 19 heavy (non-hydrogen) atoms. The quantitative estimate of drug-likeness (QED) is 0.842. The second-order valence-corrected chi connectivity index (χ2v) is 4.56. The first-order valence-electron chi connectivity index (χ1n) is 6.68. The maximum atomic E-state index is 5.57. The highest BCUT2D eigenvalue weighted by molar-refractivity contribution is 5.51. The van der Waals surface area contributed by atoms with E-state index in [1.54, 1.807) is 13.4 Å². The van der Waals surface area contributed by atoms with Gasteiger partial charge in [-0.05, 0) is 13.5 Å². The van der Waals surface area contributed by atoms with Gasteiger partial charge in [-0.2, -0.15) is 0 Å². The molecule has 1 saturated heterocycles. The van der Waals surface area contributed by atoms with Crippen molar-refractivity contribution < 1.29 is 9.47 Å². The summed E-state index contributed by atoms with van der Waals surface area (Å²) in [5.41, 5.74) is 0.980. The Morgan fingerprint density at radius 3 is 3.11 bits per heavy atom. The highest BCUT2D eigenvalue weighted by atomic mass is 16.5. The molecule has 0 bridgehead atoms. The smallest absolute Gasteiger partial charge is 0.221 e. The van der Waals surface area contributed by atoms with Crippen LogP contribution in [-0.4, -0.2) is 56.0 Å². The van der Waals surface area contributed by atoms with Gasteiger partial charge in [0.25, 0.3) is 0 Å². The standard InChI is InChI=1S/C13H22N4O2/c1-4-14-7-11-8-19-6-5-17(11)12-10(2)13(18-3)16-9-15-12/h9,11,14H,4-8H2,1-3H3. The zero-order valence-electron chi connectivity index (χ0n) is 11.8. The molecule has 0 radical (unpaired) electrons. The number of rotatable bonds is 5. The van der Waals surface area contributed by atoms with Gasteiger partial charge in [0, 0.05) is 13.1 Å². The molecule has 0 spiro atoms. The molecule has 1 aromatic rings. The first-order valence-corrected chi connectivity index (χ1v) is 6.68. The number of nitrogens with zero attached hydrogens (tertiary/aromatic N) is 3. The Morgan fingerprint density at radius 2 is 2.37 bits per heavy atom. The fraction of sp³-hybridized carbons (Fsp3) is 0.692. The summed E-state index contributed by atoms with van der Waals surface area (Å²) in [6, 6.07) is 0.298. The van der Waals surface area contributed by atoms with E-state index in [-0.39, 0.29) is 0 Å². The molecule has 1 N–H and O–H groups in total. The van der Waals surface area contributed by atoms with Crippen LogP contribution in [0.25, 0.3) is 0 Å². The molecule has 0 amide bonds. The number of nitrogens with one attached hydrogen (secondary N) is 1. The van der Waals surface area contributed by atoms with Crippen molar-refractivity contribution in [2.75, 3.05) is 44.9 Å². The Kier molecular flexibility index (Phi) is 4.93. The summed E-state index contributed by atoms with van der Waals surface area (Å²) < 4.78 is 10.8. The third-order valence-corrected chi connectivity index (χ3v) is 3.33. The first-order chi connectivity index (χ1) is 9.27. The number of likely N-dealkylation sites (N-methyl/N-ethyl adjacent to an activating group) is 1. The van der Waals surface area contributed by atoms with Crippen LogP contribution >= 0.6 is 0 Å². The molecule has 1 aliphatic heterocycles. The molecular weight excluding hydrogens is 244 g/mol. The van der Waals surface area contributed by atoms with Crippen LogP contribution in [-0.2, 0) is 4.74 Å². The Bertz CT molecular complexity index is 414. The molecule has 6 nitrogen and oxygen atoms in total. The van der Waals surface area contributed by atoms with Crippen molar-refractivity contribution in [1.29, 1.82) is 0 Å². The van der Waals surface area contributed by atoms with Crippen molar-refractivity contribution in [3.63, 3.8) is 0 Å². The van der Waals surface area contributed by atoms with E-state index in [0.717, 1.165) is 44.2 Å². The second-order valence-electron chi connectivity index (χ2n) is 4.56. The van der Waals surface area contributed by atoms with E-state index >= 15 is 0 Å². The maximum absolute atomic E-state index is 5.57. The van der Waals surface area contributed by atoms with E-state index in [1.165, 1.54) is 0 Å². The minimum absolute atomic E-state index is 0.298. The van der Waals surface area contributed by atoms with Crippen molar-refractivity contribution >= 4 is 5.82 Å². The van der Waals surface area contributed by atoms with Crippen LogP contribution in [0.4, 0.5) is 5.82 Å². The largest absolute Gasteiger partial charge is 0.481 e.